The van der Waals surface area contributed by atoms with Crippen LogP contribution >= 0.6 is 31.9 Å². The highest BCUT2D eigenvalue weighted by Gasteiger charge is 2.20. The molecular weight excluding hydrogens is 222 g/mol. The van der Waals surface area contributed by atoms with Crippen LogP contribution in [0.4, 0.5) is 8.78 Å². The molecule has 0 rings (SSSR count). The second kappa shape index (κ2) is 2.21. The predicted molar refractivity (Wildman–Crippen MR) is 27.7 cm³/mol. The Kier molecular flexibility index (Phi) is 2.51. The molecule has 0 unspecified atom stereocenters. The van der Waals surface area contributed by atoms with Crippen molar-refractivity contribution in [3.05, 3.63) is 0 Å². The fraction of sp³-hybridized carbons (Fsp3) is 1.00. The molecule has 0 aromatic carbocycles. The first-order valence-electron chi connectivity index (χ1n) is 1.19. The second-order valence-electron chi connectivity index (χ2n) is 0.749. The molecule has 0 spiro atoms. The zero-order chi connectivity index (χ0) is 5.21. The van der Waals surface area contributed by atoms with Gasteiger partial charge >= 0.3 is 4.83 Å². The fourth-order valence-corrected chi connectivity index (χ4v) is 0. The molecular formula is C2H2Br2F2. The van der Waals surface area contributed by atoms with Gasteiger partial charge in [-0.15, -0.1) is 0 Å². The van der Waals surface area contributed by atoms with Crippen LogP contribution in [0.3, 0.4) is 0 Å². The normalized spacial score (nSPS) is 12.0. The molecule has 0 aromatic rings. The van der Waals surface area contributed by atoms with E-state index >= 15 is 0 Å². The van der Waals surface area contributed by atoms with Crippen molar-refractivity contribution in [3.8, 4) is 0 Å². The van der Waals surface area contributed by atoms with Crippen LogP contribution in [0.1, 0.15) is 0 Å². The summed E-state index contributed by atoms with van der Waals surface area (Å²) in [4.78, 5) is -2.73. The van der Waals surface area contributed by atoms with Crippen molar-refractivity contribution >= 4 is 31.9 Å². The molecule has 38 valence electrons. The SMILES string of the molecule is FC(F)(Br)CBr. The third kappa shape index (κ3) is 4.82. The van der Waals surface area contributed by atoms with Gasteiger partial charge in [-0.1, -0.05) is 15.9 Å². The summed E-state index contributed by atoms with van der Waals surface area (Å²) in [7, 11) is 0. The van der Waals surface area contributed by atoms with Gasteiger partial charge in [-0.25, -0.2) is 0 Å². The smallest absolute Gasteiger partial charge is 0.193 e. The molecule has 4 heteroatoms. The molecule has 0 nitrogen and oxygen atoms in total. The van der Waals surface area contributed by atoms with Crippen molar-refractivity contribution < 1.29 is 8.78 Å². The van der Waals surface area contributed by atoms with E-state index in [9.17, 15) is 8.78 Å². The van der Waals surface area contributed by atoms with E-state index in [1.165, 1.54) is 0 Å². The van der Waals surface area contributed by atoms with Crippen LogP contribution in [-0.2, 0) is 0 Å². The molecule has 0 bridgehead atoms. The maximum absolute atomic E-state index is 11.3. The van der Waals surface area contributed by atoms with Crippen molar-refractivity contribution in [2.24, 2.45) is 0 Å². The Hall–Kier alpha value is 0.820. The minimum atomic E-state index is -2.73. The Morgan fingerprint density at radius 1 is 1.50 bits per heavy atom. The lowest BCUT2D eigenvalue weighted by molar-refractivity contribution is 0.145. The fourth-order valence-electron chi connectivity index (χ4n) is 0. The Labute approximate surface area is 51.2 Å². The monoisotopic (exact) mass is 222 g/mol. The molecule has 0 aromatic heterocycles. The van der Waals surface area contributed by atoms with Gasteiger partial charge in [0.05, 0.1) is 5.33 Å². The van der Waals surface area contributed by atoms with Crippen LogP contribution in [0.5, 0.6) is 0 Å². The quantitative estimate of drug-likeness (QED) is 0.599. The first-order valence-corrected chi connectivity index (χ1v) is 3.10. The number of rotatable bonds is 1. The molecule has 0 aliphatic heterocycles. The van der Waals surface area contributed by atoms with Gasteiger partial charge in [0.25, 0.3) is 0 Å². The maximum atomic E-state index is 11.3. The summed E-state index contributed by atoms with van der Waals surface area (Å²) in [6, 6.07) is 0. The van der Waals surface area contributed by atoms with E-state index in [0.29, 0.717) is 0 Å². The lowest BCUT2D eigenvalue weighted by atomic mass is 10.9. The summed E-state index contributed by atoms with van der Waals surface area (Å²) >= 11 is 4.67. The number of alkyl halides is 4. The highest BCUT2D eigenvalue weighted by molar-refractivity contribution is 9.12. The zero-order valence-electron chi connectivity index (χ0n) is 2.72. The van der Waals surface area contributed by atoms with Crippen LogP contribution in [0.2, 0.25) is 0 Å². The molecule has 0 heterocycles. The van der Waals surface area contributed by atoms with E-state index in [4.69, 9.17) is 0 Å². The Morgan fingerprint density at radius 3 is 1.67 bits per heavy atom. The van der Waals surface area contributed by atoms with Crippen LogP contribution in [0.25, 0.3) is 0 Å². The van der Waals surface area contributed by atoms with Gasteiger partial charge in [0.2, 0.25) is 0 Å². The highest BCUT2D eigenvalue weighted by Crippen LogP contribution is 2.22. The van der Waals surface area contributed by atoms with Crippen molar-refractivity contribution in [1.29, 1.82) is 0 Å². The molecule has 0 saturated carbocycles. The molecule has 0 N–H and O–H groups in total. The second-order valence-corrected chi connectivity index (χ2v) is 2.47. The first-order chi connectivity index (χ1) is 2.56. The van der Waals surface area contributed by atoms with E-state index in [1.807, 2.05) is 0 Å². The van der Waals surface area contributed by atoms with E-state index in [0.717, 1.165) is 0 Å². The van der Waals surface area contributed by atoms with E-state index in [-0.39, 0.29) is 5.33 Å². The summed E-state index contributed by atoms with van der Waals surface area (Å²) in [6.07, 6.45) is 0. The minimum Gasteiger partial charge on any atom is -0.193 e. The number of hydrogen-bond acceptors (Lipinski definition) is 0. The van der Waals surface area contributed by atoms with Gasteiger partial charge < -0.3 is 0 Å². The van der Waals surface area contributed by atoms with Crippen molar-refractivity contribution in [2.75, 3.05) is 5.33 Å². The summed E-state index contributed by atoms with van der Waals surface area (Å²) in [5, 5.41) is -0.333. The summed E-state index contributed by atoms with van der Waals surface area (Å²) < 4.78 is 22.6. The first kappa shape index (κ1) is 6.82. The summed E-state index contributed by atoms with van der Waals surface area (Å²) in [5.41, 5.74) is 0. The van der Waals surface area contributed by atoms with Gasteiger partial charge in [-0.05, 0) is 15.9 Å². The topological polar surface area (TPSA) is 0 Å². The van der Waals surface area contributed by atoms with E-state index in [2.05, 4.69) is 31.9 Å². The van der Waals surface area contributed by atoms with Crippen LogP contribution < -0.4 is 0 Å². The molecule has 0 fully saturated rings. The van der Waals surface area contributed by atoms with Gasteiger partial charge in [-0.2, -0.15) is 8.78 Å². The lowest BCUT2D eigenvalue weighted by Crippen LogP contribution is -2.04. The minimum absolute atomic E-state index is 0.333. The van der Waals surface area contributed by atoms with Crippen molar-refractivity contribution in [2.45, 2.75) is 4.83 Å². The third-order valence-electron chi connectivity index (χ3n) is 0.152. The number of halogens is 4. The Balaban J connectivity index is 3.17. The average molecular weight is 224 g/mol. The largest absolute Gasteiger partial charge is 0.310 e. The maximum Gasteiger partial charge on any atom is 0.310 e. The summed E-state index contributed by atoms with van der Waals surface area (Å²) in [6.45, 7) is 0. The molecule has 0 atom stereocenters. The molecule has 0 amide bonds. The van der Waals surface area contributed by atoms with Gasteiger partial charge in [0.1, 0.15) is 0 Å². The van der Waals surface area contributed by atoms with Gasteiger partial charge in [0, 0.05) is 0 Å². The summed E-state index contributed by atoms with van der Waals surface area (Å²) in [5.74, 6) is 0. The van der Waals surface area contributed by atoms with Crippen LogP contribution in [0.15, 0.2) is 0 Å². The molecule has 0 aliphatic carbocycles. The molecule has 6 heavy (non-hydrogen) atoms. The molecule has 0 radical (unpaired) electrons. The van der Waals surface area contributed by atoms with E-state index in [1.54, 1.807) is 0 Å². The van der Waals surface area contributed by atoms with Gasteiger partial charge in [-0.3, -0.25) is 0 Å². The lowest BCUT2D eigenvalue weighted by Gasteiger charge is -1.97. The molecule has 0 aliphatic rings. The molecule has 0 saturated heterocycles. The van der Waals surface area contributed by atoms with Crippen LogP contribution in [-0.4, -0.2) is 10.2 Å². The predicted octanol–water partition coefficient (Wildman–Crippen LogP) is 2.37. The van der Waals surface area contributed by atoms with E-state index < -0.39 is 4.83 Å². The van der Waals surface area contributed by atoms with Gasteiger partial charge in [0.15, 0.2) is 0 Å². The van der Waals surface area contributed by atoms with Crippen molar-refractivity contribution in [3.63, 3.8) is 0 Å². The standard InChI is InChI=1S/C2H2Br2F2/c3-1-2(4,5)6/h1H2. The van der Waals surface area contributed by atoms with Crippen LogP contribution in [0, 0.1) is 0 Å². The zero-order valence-corrected chi connectivity index (χ0v) is 5.89. The highest BCUT2D eigenvalue weighted by atomic mass is 79.9. The third-order valence-corrected chi connectivity index (χ3v) is 1.89. The van der Waals surface area contributed by atoms with Crippen molar-refractivity contribution in [1.82, 2.24) is 0 Å². The Morgan fingerprint density at radius 2 is 1.67 bits per heavy atom. The Bertz CT molecular complexity index is 39.3. The average Bonchev–Trinajstić information content (AvgIpc) is 1.35. The number of hydrogen-bond donors (Lipinski definition) is 0.